The van der Waals surface area contributed by atoms with Crippen molar-refractivity contribution in [2.24, 2.45) is 0 Å². The van der Waals surface area contributed by atoms with E-state index in [4.69, 9.17) is 0 Å². The molecule has 0 amide bonds. The fourth-order valence-electron chi connectivity index (χ4n) is 1.99. The van der Waals surface area contributed by atoms with Crippen LogP contribution in [0.2, 0.25) is 0 Å². The molecule has 0 aliphatic heterocycles. The van der Waals surface area contributed by atoms with Gasteiger partial charge in [0.25, 0.3) is 0 Å². The van der Waals surface area contributed by atoms with Gasteiger partial charge in [-0.2, -0.15) is 0 Å². The van der Waals surface area contributed by atoms with Crippen LogP contribution in [0.1, 0.15) is 30.7 Å². The summed E-state index contributed by atoms with van der Waals surface area (Å²) in [5, 5.41) is 0. The largest absolute Gasteiger partial charge is 0.303 e. The zero-order valence-corrected chi connectivity index (χ0v) is 10.2. The number of nitrogens with zero attached hydrogens (tertiary/aromatic N) is 2. The number of hydrogen-bond donors (Lipinski definition) is 0. The Hall–Kier alpha value is -1.57. The maximum absolute atomic E-state index is 4.18. The summed E-state index contributed by atoms with van der Waals surface area (Å²) in [6.07, 6.45) is 5.93. The lowest BCUT2D eigenvalue weighted by Crippen LogP contribution is -2.00. The normalized spacial score (nSPS) is 10.7. The molecule has 2 rings (SSSR count). The summed E-state index contributed by atoms with van der Waals surface area (Å²) in [4.78, 5) is 4.18. The van der Waals surface area contributed by atoms with Gasteiger partial charge < -0.3 is 4.57 Å². The second kappa shape index (κ2) is 4.52. The maximum Gasteiger partial charge on any atom is 0.0994 e. The summed E-state index contributed by atoms with van der Waals surface area (Å²) in [5.41, 5.74) is 5.23. The van der Waals surface area contributed by atoms with Gasteiger partial charge >= 0.3 is 0 Å². The fourth-order valence-corrected chi connectivity index (χ4v) is 1.99. The Balaban J connectivity index is 2.53. The van der Waals surface area contributed by atoms with Gasteiger partial charge in [0, 0.05) is 17.6 Å². The van der Waals surface area contributed by atoms with E-state index < -0.39 is 0 Å². The number of hydrogen-bond acceptors (Lipinski definition) is 1. The molecule has 0 fully saturated rings. The Bertz CT molecular complexity index is 483. The van der Waals surface area contributed by atoms with Crippen LogP contribution < -0.4 is 0 Å². The van der Waals surface area contributed by atoms with E-state index in [9.17, 15) is 0 Å². The van der Waals surface area contributed by atoms with E-state index >= 15 is 0 Å². The molecule has 0 atom stereocenters. The number of benzene rings is 1. The van der Waals surface area contributed by atoms with Gasteiger partial charge in [-0.25, -0.2) is 4.98 Å². The Morgan fingerprint density at radius 2 is 2.00 bits per heavy atom. The zero-order chi connectivity index (χ0) is 11.5. The summed E-state index contributed by atoms with van der Waals surface area (Å²) in [6, 6.07) is 6.70. The highest BCUT2D eigenvalue weighted by Gasteiger charge is 2.05. The molecule has 0 N–H and O–H groups in total. The topological polar surface area (TPSA) is 17.8 Å². The summed E-state index contributed by atoms with van der Waals surface area (Å²) < 4.78 is 2.15. The fraction of sp³-hybridized carbons (Fsp3) is 0.357. The highest BCUT2D eigenvalue weighted by Crippen LogP contribution is 2.19. The second-order valence-electron chi connectivity index (χ2n) is 4.08. The molecule has 1 aromatic heterocycles. The van der Waals surface area contributed by atoms with Gasteiger partial charge in [-0.1, -0.05) is 26.0 Å². The highest BCUT2D eigenvalue weighted by atomic mass is 15.0. The lowest BCUT2D eigenvalue weighted by atomic mass is 10.0. The minimum Gasteiger partial charge on any atom is -0.303 e. The number of aryl methyl sites for hydroxylation is 3. The molecule has 0 aliphatic carbocycles. The Labute approximate surface area is 97.0 Å². The van der Waals surface area contributed by atoms with Crippen LogP contribution in [0.25, 0.3) is 5.69 Å². The standard InChI is InChI=1S/C14H18N2/c1-4-12-6-7-14(13(5-2)8-12)16-10-15-9-11(16)3/h6-10H,4-5H2,1-3H3. The minimum atomic E-state index is 1.06. The van der Waals surface area contributed by atoms with E-state index in [-0.39, 0.29) is 0 Å². The van der Waals surface area contributed by atoms with Crippen molar-refractivity contribution in [3.63, 3.8) is 0 Å². The predicted molar refractivity (Wildman–Crippen MR) is 67.1 cm³/mol. The first-order valence-electron chi connectivity index (χ1n) is 5.87. The molecule has 0 radical (unpaired) electrons. The molecule has 2 nitrogen and oxygen atoms in total. The van der Waals surface area contributed by atoms with Gasteiger partial charge in [0.1, 0.15) is 0 Å². The second-order valence-corrected chi connectivity index (χ2v) is 4.08. The van der Waals surface area contributed by atoms with Gasteiger partial charge in [0.15, 0.2) is 0 Å². The van der Waals surface area contributed by atoms with E-state index in [1.807, 2.05) is 12.5 Å². The molecule has 1 heterocycles. The van der Waals surface area contributed by atoms with E-state index in [2.05, 4.69) is 48.5 Å². The van der Waals surface area contributed by atoms with Crippen LogP contribution in [0.3, 0.4) is 0 Å². The van der Waals surface area contributed by atoms with Crippen molar-refractivity contribution in [2.45, 2.75) is 33.6 Å². The predicted octanol–water partition coefficient (Wildman–Crippen LogP) is 3.31. The summed E-state index contributed by atoms with van der Waals surface area (Å²) in [5.74, 6) is 0. The monoisotopic (exact) mass is 214 g/mol. The van der Waals surface area contributed by atoms with Crippen molar-refractivity contribution in [3.05, 3.63) is 47.5 Å². The SMILES string of the molecule is CCc1ccc(-n2cncc2C)c(CC)c1. The molecule has 0 unspecified atom stereocenters. The molecule has 0 saturated heterocycles. The molecule has 84 valence electrons. The third kappa shape index (κ3) is 1.87. The van der Waals surface area contributed by atoms with Crippen molar-refractivity contribution in [3.8, 4) is 5.69 Å². The van der Waals surface area contributed by atoms with Crippen molar-refractivity contribution in [1.29, 1.82) is 0 Å². The average molecular weight is 214 g/mol. The first-order chi connectivity index (χ1) is 7.76. The summed E-state index contributed by atoms with van der Waals surface area (Å²) >= 11 is 0. The average Bonchev–Trinajstić information content (AvgIpc) is 2.74. The molecule has 2 aromatic rings. The smallest absolute Gasteiger partial charge is 0.0994 e. The van der Waals surface area contributed by atoms with Crippen molar-refractivity contribution in [2.75, 3.05) is 0 Å². The third-order valence-corrected chi connectivity index (χ3v) is 3.02. The number of aromatic nitrogens is 2. The van der Waals surface area contributed by atoms with Gasteiger partial charge in [-0.05, 0) is 37.0 Å². The van der Waals surface area contributed by atoms with Gasteiger partial charge in [0.05, 0.1) is 6.33 Å². The summed E-state index contributed by atoms with van der Waals surface area (Å²) in [7, 11) is 0. The quantitative estimate of drug-likeness (QED) is 0.766. The van der Waals surface area contributed by atoms with E-state index in [1.54, 1.807) is 0 Å². The lowest BCUT2D eigenvalue weighted by Gasteiger charge is -2.12. The highest BCUT2D eigenvalue weighted by molar-refractivity contribution is 5.44. The molecular formula is C14H18N2. The third-order valence-electron chi connectivity index (χ3n) is 3.02. The van der Waals surface area contributed by atoms with Crippen LogP contribution in [0.5, 0.6) is 0 Å². The van der Waals surface area contributed by atoms with E-state index in [0.29, 0.717) is 0 Å². The van der Waals surface area contributed by atoms with E-state index in [1.165, 1.54) is 22.5 Å². The van der Waals surface area contributed by atoms with Crippen molar-refractivity contribution in [1.82, 2.24) is 9.55 Å². The van der Waals surface area contributed by atoms with Gasteiger partial charge in [-0.3, -0.25) is 0 Å². The number of imidazole rings is 1. The molecule has 0 saturated carbocycles. The molecule has 0 spiro atoms. The number of rotatable bonds is 3. The van der Waals surface area contributed by atoms with Crippen LogP contribution in [0.4, 0.5) is 0 Å². The van der Waals surface area contributed by atoms with Crippen molar-refractivity contribution >= 4 is 0 Å². The first kappa shape index (κ1) is 10.9. The Morgan fingerprint density at radius 3 is 2.56 bits per heavy atom. The molecule has 1 aromatic carbocycles. The molecule has 16 heavy (non-hydrogen) atoms. The van der Waals surface area contributed by atoms with Crippen LogP contribution in [0.15, 0.2) is 30.7 Å². The molecular weight excluding hydrogens is 196 g/mol. The first-order valence-corrected chi connectivity index (χ1v) is 5.87. The Morgan fingerprint density at radius 1 is 1.19 bits per heavy atom. The summed E-state index contributed by atoms with van der Waals surface area (Å²) in [6.45, 7) is 6.47. The van der Waals surface area contributed by atoms with Gasteiger partial charge in [-0.15, -0.1) is 0 Å². The van der Waals surface area contributed by atoms with E-state index in [0.717, 1.165) is 12.8 Å². The maximum atomic E-state index is 4.18. The van der Waals surface area contributed by atoms with Crippen molar-refractivity contribution < 1.29 is 0 Å². The van der Waals surface area contributed by atoms with Gasteiger partial charge in [0.2, 0.25) is 0 Å². The zero-order valence-electron chi connectivity index (χ0n) is 10.2. The molecule has 2 heteroatoms. The van der Waals surface area contributed by atoms with Crippen LogP contribution in [-0.2, 0) is 12.8 Å². The molecule has 0 aliphatic rings. The lowest BCUT2D eigenvalue weighted by molar-refractivity contribution is 0.959. The Kier molecular flexibility index (Phi) is 3.09. The van der Waals surface area contributed by atoms with Crippen LogP contribution >= 0.6 is 0 Å². The van der Waals surface area contributed by atoms with Crippen LogP contribution in [0, 0.1) is 6.92 Å². The van der Waals surface area contributed by atoms with Crippen LogP contribution in [-0.4, -0.2) is 9.55 Å². The molecule has 0 bridgehead atoms. The minimum absolute atomic E-state index is 1.06.